The summed E-state index contributed by atoms with van der Waals surface area (Å²) in [5.74, 6) is 1.43. The minimum absolute atomic E-state index is 0.551. The van der Waals surface area contributed by atoms with Crippen LogP contribution in [0.1, 0.15) is 12.2 Å². The largest absolute Gasteiger partial charge is 0.479 e. The highest BCUT2D eigenvalue weighted by molar-refractivity contribution is 9.09. The zero-order valence-electron chi connectivity index (χ0n) is 6.34. The zero-order chi connectivity index (χ0) is 8.10. The van der Waals surface area contributed by atoms with Gasteiger partial charge in [0.25, 0.3) is 5.88 Å². The van der Waals surface area contributed by atoms with Crippen LogP contribution in [0.3, 0.4) is 0 Å². The molecule has 0 N–H and O–H groups in total. The van der Waals surface area contributed by atoms with E-state index in [1.54, 1.807) is 7.11 Å². The van der Waals surface area contributed by atoms with E-state index in [0.717, 1.165) is 23.9 Å². The van der Waals surface area contributed by atoms with Crippen molar-refractivity contribution in [2.75, 3.05) is 12.4 Å². The van der Waals surface area contributed by atoms with E-state index in [0.29, 0.717) is 5.88 Å². The molecule has 0 saturated heterocycles. The van der Waals surface area contributed by atoms with Crippen LogP contribution in [-0.2, 0) is 6.42 Å². The molecule has 0 bridgehead atoms. The smallest absolute Gasteiger partial charge is 0.254 e. The first-order chi connectivity index (χ1) is 5.36. The van der Waals surface area contributed by atoms with Crippen LogP contribution in [0.25, 0.3) is 0 Å². The molecule has 0 aromatic carbocycles. The number of hydrogen-bond acceptors (Lipinski definition) is 3. The maximum absolute atomic E-state index is 4.96. The van der Waals surface area contributed by atoms with Gasteiger partial charge in [-0.05, 0) is 11.6 Å². The van der Waals surface area contributed by atoms with Crippen molar-refractivity contribution >= 4 is 15.9 Å². The third-order valence-corrected chi connectivity index (χ3v) is 1.86. The predicted octanol–water partition coefficient (Wildman–Crippen LogP) is 2.01. The maximum Gasteiger partial charge on any atom is 0.254 e. The number of aromatic nitrogens is 1. The second-order valence-electron chi connectivity index (χ2n) is 2.13. The molecular formula is C7H10BrNO2. The highest BCUT2D eigenvalue weighted by Crippen LogP contribution is 2.12. The lowest BCUT2D eigenvalue weighted by atomic mass is 10.3. The molecule has 1 aromatic heterocycles. The van der Waals surface area contributed by atoms with Gasteiger partial charge in [-0.15, -0.1) is 0 Å². The van der Waals surface area contributed by atoms with Crippen LogP contribution >= 0.6 is 15.9 Å². The number of halogens is 1. The molecule has 1 rings (SSSR count). The van der Waals surface area contributed by atoms with Gasteiger partial charge in [0.2, 0.25) is 0 Å². The standard InChI is InChI=1S/C7H10BrNO2/c1-10-7-5-6(11-9-7)3-2-4-8/h5H,2-4H2,1H3. The van der Waals surface area contributed by atoms with Crippen molar-refractivity contribution in [3.63, 3.8) is 0 Å². The molecule has 0 atom stereocenters. The summed E-state index contributed by atoms with van der Waals surface area (Å²) < 4.78 is 9.82. The van der Waals surface area contributed by atoms with Crippen LogP contribution in [0.2, 0.25) is 0 Å². The number of ether oxygens (including phenoxy) is 1. The average molecular weight is 220 g/mol. The van der Waals surface area contributed by atoms with Crippen LogP contribution in [0, 0.1) is 0 Å². The summed E-state index contributed by atoms with van der Waals surface area (Å²) in [6.07, 6.45) is 1.96. The van der Waals surface area contributed by atoms with E-state index in [9.17, 15) is 0 Å². The van der Waals surface area contributed by atoms with Crippen LogP contribution in [-0.4, -0.2) is 17.6 Å². The van der Waals surface area contributed by atoms with E-state index < -0.39 is 0 Å². The normalized spacial score (nSPS) is 10.0. The molecule has 3 nitrogen and oxygen atoms in total. The fourth-order valence-electron chi connectivity index (χ4n) is 0.749. The van der Waals surface area contributed by atoms with Gasteiger partial charge in [-0.25, -0.2) is 0 Å². The molecule has 1 aromatic rings. The van der Waals surface area contributed by atoms with Crippen molar-refractivity contribution in [1.29, 1.82) is 0 Å². The molecule has 0 amide bonds. The van der Waals surface area contributed by atoms with Gasteiger partial charge in [0, 0.05) is 17.8 Å². The molecule has 0 fully saturated rings. The lowest BCUT2D eigenvalue weighted by Gasteiger charge is -1.87. The predicted molar refractivity (Wildman–Crippen MR) is 45.2 cm³/mol. The van der Waals surface area contributed by atoms with E-state index in [1.165, 1.54) is 0 Å². The molecule has 0 saturated carbocycles. The molecule has 0 spiro atoms. The van der Waals surface area contributed by atoms with Gasteiger partial charge in [0.05, 0.1) is 7.11 Å². The summed E-state index contributed by atoms with van der Waals surface area (Å²) in [6.45, 7) is 0. The van der Waals surface area contributed by atoms with Crippen LogP contribution in [0.4, 0.5) is 0 Å². The maximum atomic E-state index is 4.96. The van der Waals surface area contributed by atoms with E-state index in [-0.39, 0.29) is 0 Å². The highest BCUT2D eigenvalue weighted by Gasteiger charge is 2.01. The second kappa shape index (κ2) is 4.38. The topological polar surface area (TPSA) is 35.3 Å². The van der Waals surface area contributed by atoms with Gasteiger partial charge >= 0.3 is 0 Å². The summed E-state index contributed by atoms with van der Waals surface area (Å²) in [6, 6.07) is 1.81. The van der Waals surface area contributed by atoms with Gasteiger partial charge in [0.1, 0.15) is 5.76 Å². The van der Waals surface area contributed by atoms with Crippen molar-refractivity contribution in [2.24, 2.45) is 0 Å². The van der Waals surface area contributed by atoms with Gasteiger partial charge < -0.3 is 9.26 Å². The van der Waals surface area contributed by atoms with E-state index in [2.05, 4.69) is 21.1 Å². The molecule has 0 aliphatic heterocycles. The Labute approximate surface area is 73.8 Å². The fraction of sp³-hybridized carbons (Fsp3) is 0.571. The Hall–Kier alpha value is -0.510. The third-order valence-electron chi connectivity index (χ3n) is 1.30. The molecular weight excluding hydrogens is 210 g/mol. The minimum Gasteiger partial charge on any atom is -0.479 e. The molecule has 62 valence electrons. The first-order valence-electron chi connectivity index (χ1n) is 3.42. The fourth-order valence-corrected chi connectivity index (χ4v) is 1.03. The number of nitrogens with zero attached hydrogens (tertiary/aromatic N) is 1. The molecule has 1 heterocycles. The summed E-state index contributed by atoms with van der Waals surface area (Å²) in [7, 11) is 1.58. The lowest BCUT2D eigenvalue weighted by molar-refractivity contribution is 0.326. The van der Waals surface area contributed by atoms with Gasteiger partial charge in [-0.3, -0.25) is 0 Å². The summed E-state index contributed by atoms with van der Waals surface area (Å²) in [4.78, 5) is 0. The van der Waals surface area contributed by atoms with Gasteiger partial charge in [0.15, 0.2) is 0 Å². The van der Waals surface area contributed by atoms with Crippen LogP contribution in [0.15, 0.2) is 10.6 Å². The first kappa shape index (κ1) is 8.59. The van der Waals surface area contributed by atoms with Crippen molar-refractivity contribution in [2.45, 2.75) is 12.8 Å². The first-order valence-corrected chi connectivity index (χ1v) is 4.54. The molecule has 0 aliphatic rings. The number of aryl methyl sites for hydroxylation is 1. The molecule has 0 aliphatic carbocycles. The lowest BCUT2D eigenvalue weighted by Crippen LogP contribution is -1.82. The Morgan fingerprint density at radius 1 is 1.73 bits per heavy atom. The van der Waals surface area contributed by atoms with Crippen molar-refractivity contribution in [3.05, 3.63) is 11.8 Å². The summed E-state index contributed by atoms with van der Waals surface area (Å²) in [5, 5.41) is 4.66. The Bertz CT molecular complexity index is 212. The monoisotopic (exact) mass is 219 g/mol. The Balaban J connectivity index is 2.44. The van der Waals surface area contributed by atoms with E-state index in [1.807, 2.05) is 6.07 Å². The quantitative estimate of drug-likeness (QED) is 0.728. The zero-order valence-corrected chi connectivity index (χ0v) is 7.93. The Kier molecular flexibility index (Phi) is 3.42. The van der Waals surface area contributed by atoms with Gasteiger partial charge in [-0.2, -0.15) is 0 Å². The summed E-state index contributed by atoms with van der Waals surface area (Å²) >= 11 is 3.34. The minimum atomic E-state index is 0.551. The van der Waals surface area contributed by atoms with E-state index in [4.69, 9.17) is 9.26 Å². The Morgan fingerprint density at radius 3 is 3.09 bits per heavy atom. The van der Waals surface area contributed by atoms with Crippen molar-refractivity contribution in [1.82, 2.24) is 5.16 Å². The molecule has 11 heavy (non-hydrogen) atoms. The van der Waals surface area contributed by atoms with Crippen LogP contribution < -0.4 is 4.74 Å². The molecule has 0 unspecified atom stereocenters. The SMILES string of the molecule is COc1cc(CCCBr)on1. The highest BCUT2D eigenvalue weighted by atomic mass is 79.9. The van der Waals surface area contributed by atoms with E-state index >= 15 is 0 Å². The van der Waals surface area contributed by atoms with Crippen molar-refractivity contribution in [3.8, 4) is 5.88 Å². The number of rotatable bonds is 4. The van der Waals surface area contributed by atoms with Crippen LogP contribution in [0.5, 0.6) is 5.88 Å². The second-order valence-corrected chi connectivity index (χ2v) is 2.92. The molecule has 4 heteroatoms. The average Bonchev–Trinajstić information content (AvgIpc) is 2.48. The third kappa shape index (κ3) is 2.54. The number of methoxy groups -OCH3 is 1. The number of alkyl halides is 1. The van der Waals surface area contributed by atoms with Gasteiger partial charge in [-0.1, -0.05) is 15.9 Å². The molecule has 0 radical (unpaired) electrons. The number of hydrogen-bond donors (Lipinski definition) is 0. The Morgan fingerprint density at radius 2 is 2.55 bits per heavy atom. The summed E-state index contributed by atoms with van der Waals surface area (Å²) in [5.41, 5.74) is 0. The van der Waals surface area contributed by atoms with Crippen molar-refractivity contribution < 1.29 is 9.26 Å².